The first kappa shape index (κ1) is 19.9. The van der Waals surface area contributed by atoms with Gasteiger partial charge in [-0.2, -0.15) is 4.98 Å². The summed E-state index contributed by atoms with van der Waals surface area (Å²) in [6, 6.07) is 0. The van der Waals surface area contributed by atoms with Crippen molar-refractivity contribution in [3.8, 4) is 5.88 Å². The number of rotatable bonds is 5. The van der Waals surface area contributed by atoms with E-state index < -0.39 is 10.8 Å². The van der Waals surface area contributed by atoms with Crippen molar-refractivity contribution in [3.63, 3.8) is 0 Å². The number of aliphatic hydroxyl groups is 1. The fourth-order valence-corrected chi connectivity index (χ4v) is 5.21. The summed E-state index contributed by atoms with van der Waals surface area (Å²) < 4.78 is 18.0. The Bertz CT molecular complexity index is 958. The molecule has 11 heteroatoms. The molecule has 1 aliphatic carbocycles. The highest BCUT2D eigenvalue weighted by molar-refractivity contribution is 7.85. The van der Waals surface area contributed by atoms with Crippen molar-refractivity contribution < 1.29 is 14.1 Å². The lowest BCUT2D eigenvalue weighted by Gasteiger charge is -2.41. The molecule has 0 amide bonds. The van der Waals surface area contributed by atoms with Crippen LogP contribution in [-0.4, -0.2) is 60.4 Å². The molecule has 0 unspecified atom stereocenters. The monoisotopic (exact) mass is 450 g/mol. The molecule has 0 bridgehead atoms. The molecule has 2 fully saturated rings. The highest BCUT2D eigenvalue weighted by Gasteiger charge is 2.39. The average Bonchev–Trinajstić information content (AvgIpc) is 3.12. The summed E-state index contributed by atoms with van der Waals surface area (Å²) in [6.07, 6.45) is 7.68. The Morgan fingerprint density at radius 3 is 2.63 bits per heavy atom. The molecule has 5 rings (SSSR count). The van der Waals surface area contributed by atoms with E-state index in [2.05, 4.69) is 25.2 Å². The van der Waals surface area contributed by atoms with E-state index >= 15 is 0 Å². The summed E-state index contributed by atoms with van der Waals surface area (Å²) in [5.74, 6) is 2.56. The lowest BCUT2D eigenvalue weighted by atomic mass is 9.77. The van der Waals surface area contributed by atoms with E-state index in [0.29, 0.717) is 33.4 Å². The molecule has 2 aliphatic heterocycles. The van der Waals surface area contributed by atoms with E-state index in [1.807, 2.05) is 0 Å². The van der Waals surface area contributed by atoms with Crippen LogP contribution in [0.2, 0.25) is 5.02 Å². The maximum absolute atomic E-state index is 12.5. The predicted molar refractivity (Wildman–Crippen MR) is 112 cm³/mol. The Balaban J connectivity index is 1.37. The second kappa shape index (κ2) is 7.90. The largest absolute Gasteiger partial charge is 0.463 e. The van der Waals surface area contributed by atoms with Crippen LogP contribution < -0.4 is 15.0 Å². The lowest BCUT2D eigenvalue weighted by molar-refractivity contribution is 0.143. The first-order valence-electron chi connectivity index (χ1n) is 10.1. The first-order valence-corrected chi connectivity index (χ1v) is 11.8. The van der Waals surface area contributed by atoms with Gasteiger partial charge in [-0.25, -0.2) is 15.0 Å². The minimum absolute atomic E-state index is 0.0219. The van der Waals surface area contributed by atoms with Gasteiger partial charge in [0.1, 0.15) is 21.5 Å². The van der Waals surface area contributed by atoms with E-state index in [9.17, 15) is 9.32 Å². The van der Waals surface area contributed by atoms with Crippen molar-refractivity contribution in [2.45, 2.75) is 48.5 Å². The predicted octanol–water partition coefficient (Wildman–Crippen LogP) is 2.09. The number of hydrogen-bond acceptors (Lipinski definition) is 9. The van der Waals surface area contributed by atoms with Crippen molar-refractivity contribution in [1.82, 2.24) is 19.9 Å². The minimum Gasteiger partial charge on any atom is -0.463 e. The molecule has 0 spiro atoms. The Kier molecular flexibility index (Phi) is 5.24. The van der Waals surface area contributed by atoms with Gasteiger partial charge in [-0.05, 0) is 32.1 Å². The molecule has 30 heavy (non-hydrogen) atoms. The smallest absolute Gasteiger partial charge is 0.236 e. The molecular weight excluding hydrogens is 428 g/mol. The molecule has 0 radical (unpaired) electrons. The number of aliphatic hydroxyl groups excluding tert-OH is 1. The van der Waals surface area contributed by atoms with E-state index in [1.165, 1.54) is 0 Å². The van der Waals surface area contributed by atoms with Gasteiger partial charge in [-0.1, -0.05) is 11.6 Å². The Labute approximate surface area is 181 Å². The normalized spacial score (nSPS) is 22.9. The van der Waals surface area contributed by atoms with Crippen LogP contribution in [0.25, 0.3) is 0 Å². The topological polar surface area (TPSA) is 113 Å². The molecule has 9 nitrogen and oxygen atoms in total. The molecule has 2 aromatic rings. The summed E-state index contributed by atoms with van der Waals surface area (Å²) in [4.78, 5) is 20.6. The van der Waals surface area contributed by atoms with Crippen LogP contribution in [0.5, 0.6) is 5.88 Å². The van der Waals surface area contributed by atoms with Crippen LogP contribution in [0.3, 0.4) is 0 Å². The van der Waals surface area contributed by atoms with Crippen molar-refractivity contribution in [3.05, 3.63) is 23.2 Å². The van der Waals surface area contributed by atoms with Gasteiger partial charge in [-0.3, -0.25) is 4.21 Å². The molecule has 2 N–H and O–H groups in total. The van der Waals surface area contributed by atoms with Crippen molar-refractivity contribution >= 4 is 34.2 Å². The summed E-state index contributed by atoms with van der Waals surface area (Å²) in [6.45, 7) is 1.58. The van der Waals surface area contributed by atoms with Gasteiger partial charge < -0.3 is 20.1 Å². The molecule has 4 heterocycles. The van der Waals surface area contributed by atoms with Crippen LogP contribution in [0.15, 0.2) is 17.3 Å². The number of piperidine rings is 1. The van der Waals surface area contributed by atoms with Crippen molar-refractivity contribution in [1.29, 1.82) is 0 Å². The Morgan fingerprint density at radius 1 is 1.27 bits per heavy atom. The third kappa shape index (κ3) is 3.61. The third-order valence-corrected chi connectivity index (χ3v) is 7.48. The molecule has 160 valence electrons. The summed E-state index contributed by atoms with van der Waals surface area (Å²) >= 11 is 5.88. The SMILES string of the molecule is O=[S@@]1COc2nc(C3CCN(c4ncc(Cl)cn4)CC3)nc(NC3(CO)CCC3)c21. The van der Waals surface area contributed by atoms with E-state index in [-0.39, 0.29) is 24.0 Å². The number of ether oxygens (including phenoxy) is 1. The Hall–Kier alpha value is -2.04. The van der Waals surface area contributed by atoms with Crippen LogP contribution in [0.4, 0.5) is 11.8 Å². The van der Waals surface area contributed by atoms with Crippen LogP contribution >= 0.6 is 11.6 Å². The zero-order valence-corrected chi connectivity index (χ0v) is 18.0. The number of aromatic nitrogens is 4. The summed E-state index contributed by atoms with van der Waals surface area (Å²) in [5, 5.41) is 13.7. The van der Waals surface area contributed by atoms with Gasteiger partial charge in [0.2, 0.25) is 11.8 Å². The summed E-state index contributed by atoms with van der Waals surface area (Å²) in [5.41, 5.74) is -0.387. The van der Waals surface area contributed by atoms with Gasteiger partial charge in [0.25, 0.3) is 0 Å². The molecule has 2 aromatic heterocycles. The van der Waals surface area contributed by atoms with Gasteiger partial charge in [0.15, 0.2) is 11.8 Å². The second-order valence-corrected chi connectivity index (χ2v) is 9.82. The molecule has 3 aliphatic rings. The van der Waals surface area contributed by atoms with Crippen molar-refractivity contribution in [2.75, 3.05) is 35.9 Å². The number of nitrogens with zero attached hydrogens (tertiary/aromatic N) is 5. The zero-order chi connectivity index (χ0) is 20.7. The van der Waals surface area contributed by atoms with Crippen molar-refractivity contribution in [2.24, 2.45) is 0 Å². The quantitative estimate of drug-likeness (QED) is 0.706. The fraction of sp³-hybridized carbons (Fsp3) is 0.579. The average molecular weight is 451 g/mol. The molecular formula is C19H23ClN6O3S. The minimum atomic E-state index is -1.30. The highest BCUT2D eigenvalue weighted by Crippen LogP contribution is 2.40. The van der Waals surface area contributed by atoms with Crippen LogP contribution in [0, 0.1) is 0 Å². The maximum Gasteiger partial charge on any atom is 0.236 e. The van der Waals surface area contributed by atoms with Gasteiger partial charge in [-0.15, -0.1) is 0 Å². The van der Waals surface area contributed by atoms with Gasteiger partial charge in [0.05, 0.1) is 29.6 Å². The fourth-order valence-electron chi connectivity index (χ4n) is 4.17. The second-order valence-electron chi connectivity index (χ2n) is 8.05. The molecule has 1 saturated carbocycles. The van der Waals surface area contributed by atoms with E-state index in [0.717, 1.165) is 45.2 Å². The number of hydrogen-bond donors (Lipinski definition) is 2. The number of nitrogens with one attached hydrogen (secondary N) is 1. The first-order chi connectivity index (χ1) is 14.6. The molecule has 0 aromatic carbocycles. The van der Waals surface area contributed by atoms with Gasteiger partial charge in [0, 0.05) is 19.0 Å². The summed E-state index contributed by atoms with van der Waals surface area (Å²) in [7, 11) is -1.30. The molecule has 1 atom stereocenters. The van der Waals surface area contributed by atoms with Gasteiger partial charge >= 0.3 is 0 Å². The zero-order valence-electron chi connectivity index (χ0n) is 16.4. The highest BCUT2D eigenvalue weighted by atomic mass is 35.5. The van der Waals surface area contributed by atoms with Crippen LogP contribution in [-0.2, 0) is 10.8 Å². The van der Waals surface area contributed by atoms with Crippen LogP contribution in [0.1, 0.15) is 43.8 Å². The third-order valence-electron chi connectivity index (χ3n) is 6.13. The maximum atomic E-state index is 12.5. The lowest BCUT2D eigenvalue weighted by Crippen LogP contribution is -2.48. The standard InChI is InChI=1S/C19H23ClN6O3S/c20-13-8-21-18(22-9-13)26-6-2-12(3-7-26)15-23-16(25-19(10-27)4-1-5-19)14-17(24-15)29-11-30(14)28/h8-9,12,27H,1-7,10-11H2,(H,23,24,25)/t30-/m1/s1. The number of anilines is 2. The number of fused-ring (bicyclic) bond motifs is 1. The molecule has 1 saturated heterocycles. The van der Waals surface area contributed by atoms with E-state index in [1.54, 1.807) is 12.4 Å². The Morgan fingerprint density at radius 2 is 2.00 bits per heavy atom. The van der Waals surface area contributed by atoms with E-state index in [4.69, 9.17) is 21.3 Å². The number of halogens is 1.